The minimum atomic E-state index is 1.07. The van der Waals surface area contributed by atoms with Gasteiger partial charge in [-0.25, -0.2) is 0 Å². The number of nitrogens with one attached hydrogen (secondary N) is 1. The fourth-order valence-corrected chi connectivity index (χ4v) is 2.36. The van der Waals surface area contributed by atoms with Crippen LogP contribution in [0.5, 0.6) is 0 Å². The van der Waals surface area contributed by atoms with Gasteiger partial charge in [0.05, 0.1) is 0 Å². The van der Waals surface area contributed by atoms with Crippen LogP contribution in [0.3, 0.4) is 0 Å². The van der Waals surface area contributed by atoms with E-state index in [2.05, 4.69) is 53.2 Å². The molecule has 1 saturated heterocycles. The molecule has 0 aliphatic carbocycles. The molecule has 2 rings (SSSR count). The Morgan fingerprint density at radius 1 is 1.26 bits per heavy atom. The summed E-state index contributed by atoms with van der Waals surface area (Å²) >= 11 is 0. The lowest BCUT2D eigenvalue weighted by Gasteiger charge is -2.23. The van der Waals surface area contributed by atoms with Crippen LogP contribution in [0.4, 0.5) is 5.69 Å². The first-order valence-electron chi connectivity index (χ1n) is 7.54. The van der Waals surface area contributed by atoms with Crippen molar-refractivity contribution in [2.75, 3.05) is 50.7 Å². The van der Waals surface area contributed by atoms with Crippen LogP contribution in [0.1, 0.15) is 18.9 Å². The molecule has 1 aromatic rings. The molecule has 1 N–H and O–H groups in total. The van der Waals surface area contributed by atoms with E-state index in [0.29, 0.717) is 0 Å². The number of aryl methyl sites for hydroxylation is 1. The monoisotopic (exact) mass is 261 g/mol. The van der Waals surface area contributed by atoms with Crippen molar-refractivity contribution in [3.63, 3.8) is 0 Å². The largest absolute Gasteiger partial charge is 0.371 e. The van der Waals surface area contributed by atoms with Crippen LogP contribution in [0.25, 0.3) is 0 Å². The van der Waals surface area contributed by atoms with E-state index >= 15 is 0 Å². The number of benzene rings is 1. The van der Waals surface area contributed by atoms with Gasteiger partial charge in [-0.1, -0.05) is 12.1 Å². The number of nitrogens with zero attached hydrogens (tertiary/aromatic N) is 2. The van der Waals surface area contributed by atoms with E-state index in [1.54, 1.807) is 0 Å². The minimum absolute atomic E-state index is 1.07. The van der Waals surface area contributed by atoms with Crippen molar-refractivity contribution >= 4 is 5.69 Å². The fraction of sp³-hybridized carbons (Fsp3) is 0.625. The van der Waals surface area contributed by atoms with E-state index in [9.17, 15) is 0 Å². The summed E-state index contributed by atoms with van der Waals surface area (Å²) in [5.41, 5.74) is 2.68. The summed E-state index contributed by atoms with van der Waals surface area (Å²) in [5, 5.41) is 3.55. The molecular weight excluding hydrogens is 234 g/mol. The van der Waals surface area contributed by atoms with Crippen LogP contribution in [-0.4, -0.2) is 50.7 Å². The number of anilines is 1. The Labute approximate surface area is 117 Å². The van der Waals surface area contributed by atoms with Gasteiger partial charge in [-0.05, 0) is 51.1 Å². The molecule has 1 aliphatic heterocycles. The summed E-state index contributed by atoms with van der Waals surface area (Å²) in [4.78, 5) is 4.91. The van der Waals surface area contributed by atoms with Gasteiger partial charge in [0, 0.05) is 38.4 Å². The Kier molecular flexibility index (Phi) is 5.67. The van der Waals surface area contributed by atoms with Gasteiger partial charge in [-0.2, -0.15) is 0 Å². The first-order chi connectivity index (χ1) is 9.29. The lowest BCUT2D eigenvalue weighted by molar-refractivity contribution is 0.513. The molecule has 3 nitrogen and oxygen atoms in total. The van der Waals surface area contributed by atoms with E-state index in [0.717, 1.165) is 26.2 Å². The molecule has 0 atom stereocenters. The summed E-state index contributed by atoms with van der Waals surface area (Å²) in [6.07, 6.45) is 1.27. The zero-order chi connectivity index (χ0) is 13.5. The SMILES string of the molecule is CCN(CCNCCCN1CC1)c1cccc(C)c1. The van der Waals surface area contributed by atoms with E-state index in [4.69, 9.17) is 0 Å². The summed E-state index contributed by atoms with van der Waals surface area (Å²) < 4.78 is 0. The topological polar surface area (TPSA) is 18.3 Å². The summed E-state index contributed by atoms with van der Waals surface area (Å²) in [6.45, 7) is 12.6. The Balaban J connectivity index is 1.64. The van der Waals surface area contributed by atoms with Gasteiger partial charge in [-0.15, -0.1) is 0 Å². The van der Waals surface area contributed by atoms with Crippen molar-refractivity contribution < 1.29 is 0 Å². The maximum absolute atomic E-state index is 3.55. The third-order valence-electron chi connectivity index (χ3n) is 3.67. The summed E-state index contributed by atoms with van der Waals surface area (Å²) in [6, 6.07) is 8.77. The van der Waals surface area contributed by atoms with Crippen molar-refractivity contribution in [2.45, 2.75) is 20.3 Å². The first kappa shape index (κ1) is 14.4. The van der Waals surface area contributed by atoms with Gasteiger partial charge in [0.15, 0.2) is 0 Å². The van der Waals surface area contributed by atoms with Gasteiger partial charge in [0.25, 0.3) is 0 Å². The molecule has 0 unspecified atom stereocenters. The highest BCUT2D eigenvalue weighted by molar-refractivity contribution is 5.48. The highest BCUT2D eigenvalue weighted by Crippen LogP contribution is 2.14. The predicted molar refractivity (Wildman–Crippen MR) is 83.0 cm³/mol. The van der Waals surface area contributed by atoms with Crippen LogP contribution < -0.4 is 10.2 Å². The smallest absolute Gasteiger partial charge is 0.0369 e. The molecule has 1 aliphatic rings. The van der Waals surface area contributed by atoms with Crippen molar-refractivity contribution in [2.24, 2.45) is 0 Å². The Bertz CT molecular complexity index is 374. The van der Waals surface area contributed by atoms with Gasteiger partial charge in [0.2, 0.25) is 0 Å². The van der Waals surface area contributed by atoms with Crippen LogP contribution in [0.2, 0.25) is 0 Å². The zero-order valence-electron chi connectivity index (χ0n) is 12.4. The van der Waals surface area contributed by atoms with Crippen LogP contribution >= 0.6 is 0 Å². The second-order valence-electron chi connectivity index (χ2n) is 5.36. The molecule has 0 radical (unpaired) electrons. The maximum atomic E-state index is 3.55. The lowest BCUT2D eigenvalue weighted by atomic mass is 10.2. The molecule has 0 saturated carbocycles. The molecule has 1 aromatic carbocycles. The molecular formula is C16H27N3. The number of rotatable bonds is 9. The predicted octanol–water partition coefficient (Wildman–Crippen LogP) is 2.12. The molecule has 0 amide bonds. The number of hydrogen-bond donors (Lipinski definition) is 1. The highest BCUT2D eigenvalue weighted by atomic mass is 15.3. The van der Waals surface area contributed by atoms with Gasteiger partial charge < -0.3 is 15.1 Å². The molecule has 0 spiro atoms. The minimum Gasteiger partial charge on any atom is -0.371 e. The Hall–Kier alpha value is -1.06. The first-order valence-corrected chi connectivity index (χ1v) is 7.54. The molecule has 106 valence electrons. The van der Waals surface area contributed by atoms with Crippen molar-refractivity contribution in [1.29, 1.82) is 0 Å². The van der Waals surface area contributed by atoms with E-state index in [1.165, 1.54) is 37.3 Å². The molecule has 3 heteroatoms. The molecule has 1 fully saturated rings. The van der Waals surface area contributed by atoms with Crippen LogP contribution in [-0.2, 0) is 0 Å². The molecule has 19 heavy (non-hydrogen) atoms. The van der Waals surface area contributed by atoms with Crippen molar-refractivity contribution in [1.82, 2.24) is 10.2 Å². The quantitative estimate of drug-likeness (QED) is 0.542. The number of likely N-dealkylation sites (N-methyl/N-ethyl adjacent to an activating group) is 1. The third-order valence-corrected chi connectivity index (χ3v) is 3.67. The Morgan fingerprint density at radius 2 is 2.11 bits per heavy atom. The van der Waals surface area contributed by atoms with E-state index in [1.807, 2.05) is 0 Å². The normalized spacial score (nSPS) is 14.6. The second-order valence-corrected chi connectivity index (χ2v) is 5.36. The molecule has 0 aromatic heterocycles. The standard InChI is InChI=1S/C16H27N3/c1-3-19(16-7-4-6-15(2)14-16)11-9-17-8-5-10-18-12-13-18/h4,6-7,14,17H,3,5,8-13H2,1-2H3. The Morgan fingerprint density at radius 3 is 2.79 bits per heavy atom. The molecule has 0 bridgehead atoms. The average molecular weight is 261 g/mol. The van der Waals surface area contributed by atoms with Crippen molar-refractivity contribution in [3.8, 4) is 0 Å². The number of hydrogen-bond acceptors (Lipinski definition) is 3. The second kappa shape index (κ2) is 7.51. The van der Waals surface area contributed by atoms with Gasteiger partial charge >= 0.3 is 0 Å². The summed E-state index contributed by atoms with van der Waals surface area (Å²) in [7, 11) is 0. The van der Waals surface area contributed by atoms with Crippen molar-refractivity contribution in [3.05, 3.63) is 29.8 Å². The lowest BCUT2D eigenvalue weighted by Crippen LogP contribution is -2.32. The highest BCUT2D eigenvalue weighted by Gasteiger charge is 2.15. The molecule has 1 heterocycles. The van der Waals surface area contributed by atoms with Crippen LogP contribution in [0.15, 0.2) is 24.3 Å². The van der Waals surface area contributed by atoms with Gasteiger partial charge in [-0.3, -0.25) is 0 Å². The third kappa shape index (κ3) is 5.21. The maximum Gasteiger partial charge on any atom is 0.0369 e. The van der Waals surface area contributed by atoms with E-state index in [-0.39, 0.29) is 0 Å². The van der Waals surface area contributed by atoms with Crippen LogP contribution in [0, 0.1) is 6.92 Å². The van der Waals surface area contributed by atoms with E-state index < -0.39 is 0 Å². The summed E-state index contributed by atoms with van der Waals surface area (Å²) in [5.74, 6) is 0. The van der Waals surface area contributed by atoms with Gasteiger partial charge in [0.1, 0.15) is 0 Å². The zero-order valence-corrected chi connectivity index (χ0v) is 12.4. The fourth-order valence-electron chi connectivity index (χ4n) is 2.36. The average Bonchev–Trinajstić information content (AvgIpc) is 3.22.